The Bertz CT molecular complexity index is 844. The van der Waals surface area contributed by atoms with Gasteiger partial charge in [0.05, 0.1) is 11.1 Å². The van der Waals surface area contributed by atoms with Gasteiger partial charge in [0.1, 0.15) is 6.04 Å². The molecular formula is C27H38N4O2. The molecule has 1 unspecified atom stereocenters. The van der Waals surface area contributed by atoms with E-state index in [0.29, 0.717) is 5.91 Å². The van der Waals surface area contributed by atoms with Crippen molar-refractivity contribution < 1.29 is 9.59 Å². The monoisotopic (exact) mass is 450 g/mol. The Balaban J connectivity index is 1.04. The van der Waals surface area contributed by atoms with Gasteiger partial charge in [-0.2, -0.15) is 0 Å². The maximum Gasteiger partial charge on any atom is 0.243 e. The van der Waals surface area contributed by atoms with Gasteiger partial charge in [-0.15, -0.1) is 0 Å². The van der Waals surface area contributed by atoms with Gasteiger partial charge < -0.3 is 10.2 Å². The number of pyridine rings is 1. The molecule has 0 aromatic carbocycles. The minimum absolute atomic E-state index is 0.0914. The molecule has 7 rings (SSSR count). The maximum atomic E-state index is 13.9. The van der Waals surface area contributed by atoms with Crippen LogP contribution in [0.25, 0.3) is 0 Å². The molecule has 33 heavy (non-hydrogen) atoms. The topological polar surface area (TPSA) is 65.5 Å². The van der Waals surface area contributed by atoms with Gasteiger partial charge >= 0.3 is 0 Å². The number of hydrogen-bond donors (Lipinski definition) is 1. The average molecular weight is 451 g/mol. The Labute approximate surface area is 197 Å². The number of likely N-dealkylation sites (tertiary alicyclic amines) is 2. The van der Waals surface area contributed by atoms with Crippen LogP contribution in [0.15, 0.2) is 24.4 Å². The van der Waals surface area contributed by atoms with E-state index in [4.69, 9.17) is 0 Å². The summed E-state index contributed by atoms with van der Waals surface area (Å²) in [5.41, 5.74) is 0.957. The van der Waals surface area contributed by atoms with E-state index >= 15 is 0 Å². The summed E-state index contributed by atoms with van der Waals surface area (Å²) in [6.07, 6.45) is 12.8. The van der Waals surface area contributed by atoms with Crippen molar-refractivity contribution in [2.75, 3.05) is 19.6 Å². The Morgan fingerprint density at radius 3 is 2.30 bits per heavy atom. The quantitative estimate of drug-likeness (QED) is 0.747. The van der Waals surface area contributed by atoms with Crippen LogP contribution in [0.5, 0.6) is 0 Å². The van der Waals surface area contributed by atoms with Crippen molar-refractivity contribution in [3.05, 3.63) is 30.1 Å². The number of nitrogens with one attached hydrogen (secondary N) is 1. The summed E-state index contributed by atoms with van der Waals surface area (Å²) in [5.74, 6) is 2.68. The molecule has 4 bridgehead atoms. The molecule has 1 N–H and O–H groups in total. The first-order valence-corrected chi connectivity index (χ1v) is 13.3. The third-order valence-corrected chi connectivity index (χ3v) is 9.35. The van der Waals surface area contributed by atoms with E-state index < -0.39 is 0 Å². The molecule has 1 aromatic rings. The van der Waals surface area contributed by atoms with Gasteiger partial charge in [0.15, 0.2) is 0 Å². The Morgan fingerprint density at radius 2 is 1.67 bits per heavy atom. The fourth-order valence-corrected chi connectivity index (χ4v) is 8.21. The number of aromatic nitrogens is 1. The van der Waals surface area contributed by atoms with Crippen molar-refractivity contribution in [2.24, 2.45) is 23.2 Å². The number of piperidine rings is 1. The van der Waals surface area contributed by atoms with Crippen LogP contribution >= 0.6 is 0 Å². The van der Waals surface area contributed by atoms with Crippen LogP contribution in [-0.4, -0.2) is 58.3 Å². The summed E-state index contributed by atoms with van der Waals surface area (Å²) >= 11 is 0. The minimum Gasteiger partial charge on any atom is -0.351 e. The zero-order valence-corrected chi connectivity index (χ0v) is 19.8. The SMILES string of the molecule is O=C(NC1CCN(Cc2ccccn2)CC1)C1CCCN1C(=O)C12CC3CC(CC(C3)C1)C2. The van der Waals surface area contributed by atoms with Crippen LogP contribution in [0.4, 0.5) is 0 Å². The first-order valence-electron chi connectivity index (χ1n) is 13.3. The first kappa shape index (κ1) is 21.6. The van der Waals surface area contributed by atoms with Crippen molar-refractivity contribution in [1.29, 1.82) is 0 Å². The van der Waals surface area contributed by atoms with E-state index in [1.54, 1.807) is 0 Å². The Kier molecular flexibility index (Phi) is 5.68. The van der Waals surface area contributed by atoms with E-state index in [1.165, 1.54) is 19.3 Å². The molecule has 2 saturated heterocycles. The van der Waals surface area contributed by atoms with Gasteiger partial charge in [0.2, 0.25) is 11.8 Å². The van der Waals surface area contributed by atoms with Crippen LogP contribution in [0.3, 0.4) is 0 Å². The van der Waals surface area contributed by atoms with Crippen molar-refractivity contribution in [3.63, 3.8) is 0 Å². The van der Waals surface area contributed by atoms with Gasteiger partial charge in [-0.05, 0) is 94.1 Å². The highest BCUT2D eigenvalue weighted by molar-refractivity contribution is 5.91. The van der Waals surface area contributed by atoms with Gasteiger partial charge in [-0.1, -0.05) is 6.07 Å². The lowest BCUT2D eigenvalue weighted by molar-refractivity contribution is -0.160. The molecule has 4 saturated carbocycles. The summed E-state index contributed by atoms with van der Waals surface area (Å²) in [7, 11) is 0. The van der Waals surface area contributed by atoms with Gasteiger partial charge in [0, 0.05) is 38.4 Å². The highest BCUT2D eigenvalue weighted by Gasteiger charge is 2.56. The molecule has 6 heteroatoms. The normalized spacial score (nSPS) is 36.3. The van der Waals surface area contributed by atoms with Crippen LogP contribution in [-0.2, 0) is 16.1 Å². The molecule has 178 valence electrons. The van der Waals surface area contributed by atoms with Gasteiger partial charge in [0.25, 0.3) is 0 Å². The lowest BCUT2D eigenvalue weighted by Gasteiger charge is -2.56. The number of amides is 2. The third-order valence-electron chi connectivity index (χ3n) is 9.35. The number of hydrogen-bond acceptors (Lipinski definition) is 4. The summed E-state index contributed by atoms with van der Waals surface area (Å²) in [5, 5.41) is 3.33. The van der Waals surface area contributed by atoms with E-state index in [9.17, 15) is 9.59 Å². The van der Waals surface area contributed by atoms with Crippen molar-refractivity contribution in [2.45, 2.75) is 82.8 Å². The van der Waals surface area contributed by atoms with Crippen molar-refractivity contribution in [3.8, 4) is 0 Å². The standard InChI is InChI=1S/C27H38N4O2/c32-25(29-22-6-10-30(11-7-22)18-23-4-1-2-8-28-23)24-5-3-9-31(24)26(33)27-15-19-12-20(16-27)14-21(13-19)17-27/h1-2,4,8,19-22,24H,3,5-7,9-18H2,(H,29,32). The average Bonchev–Trinajstić information content (AvgIpc) is 3.30. The summed E-state index contributed by atoms with van der Waals surface area (Å²) in [6.45, 7) is 3.59. The molecule has 0 radical (unpaired) electrons. The summed E-state index contributed by atoms with van der Waals surface area (Å²) < 4.78 is 0. The zero-order valence-electron chi connectivity index (χ0n) is 19.8. The second-order valence-corrected chi connectivity index (χ2v) is 11.7. The minimum atomic E-state index is -0.253. The molecule has 2 amide bonds. The van der Waals surface area contributed by atoms with Crippen LogP contribution in [0.1, 0.15) is 69.9 Å². The smallest absolute Gasteiger partial charge is 0.243 e. The second-order valence-electron chi connectivity index (χ2n) is 11.7. The van der Waals surface area contributed by atoms with E-state index in [-0.39, 0.29) is 23.4 Å². The second kappa shape index (κ2) is 8.68. The molecule has 6 aliphatic rings. The molecule has 6 nitrogen and oxygen atoms in total. The molecule has 3 heterocycles. The van der Waals surface area contributed by atoms with Gasteiger partial charge in [-0.3, -0.25) is 19.5 Å². The number of carbonyl (C=O) groups excluding carboxylic acids is 2. The Morgan fingerprint density at radius 1 is 0.970 bits per heavy atom. The lowest BCUT2D eigenvalue weighted by atomic mass is 9.49. The van der Waals surface area contributed by atoms with Crippen LogP contribution in [0, 0.1) is 23.2 Å². The van der Waals surface area contributed by atoms with Crippen molar-refractivity contribution >= 4 is 11.8 Å². The fourth-order valence-electron chi connectivity index (χ4n) is 8.21. The predicted molar refractivity (Wildman–Crippen MR) is 126 cm³/mol. The zero-order chi connectivity index (χ0) is 22.4. The molecule has 1 atom stereocenters. The predicted octanol–water partition coefficient (Wildman–Crippen LogP) is 3.37. The summed E-state index contributed by atoms with van der Waals surface area (Å²) in [6, 6.07) is 6.02. The van der Waals surface area contributed by atoms with Crippen LogP contribution in [0.2, 0.25) is 0 Å². The maximum absolute atomic E-state index is 13.9. The highest BCUT2D eigenvalue weighted by atomic mass is 16.2. The number of nitrogens with zero attached hydrogens (tertiary/aromatic N) is 3. The first-order chi connectivity index (χ1) is 16.1. The van der Waals surface area contributed by atoms with Crippen LogP contribution < -0.4 is 5.32 Å². The molecule has 1 aromatic heterocycles. The fraction of sp³-hybridized carbons (Fsp3) is 0.741. The molecule has 6 fully saturated rings. The highest BCUT2D eigenvalue weighted by Crippen LogP contribution is 2.60. The van der Waals surface area contributed by atoms with E-state index in [1.807, 2.05) is 23.2 Å². The van der Waals surface area contributed by atoms with Crippen molar-refractivity contribution in [1.82, 2.24) is 20.1 Å². The molecule has 4 aliphatic carbocycles. The molecular weight excluding hydrogens is 412 g/mol. The third kappa shape index (κ3) is 4.20. The molecule has 0 spiro atoms. The summed E-state index contributed by atoms with van der Waals surface area (Å²) in [4.78, 5) is 36.0. The molecule has 2 aliphatic heterocycles. The number of carbonyl (C=O) groups is 2. The van der Waals surface area contributed by atoms with E-state index in [0.717, 1.165) is 94.6 Å². The Hall–Kier alpha value is -1.95. The van der Waals surface area contributed by atoms with Gasteiger partial charge in [-0.25, -0.2) is 0 Å². The number of rotatable bonds is 5. The largest absolute Gasteiger partial charge is 0.351 e. The van der Waals surface area contributed by atoms with E-state index in [2.05, 4.69) is 21.3 Å². The lowest BCUT2D eigenvalue weighted by Crippen LogP contribution is -2.58.